The van der Waals surface area contributed by atoms with Crippen LogP contribution in [0.3, 0.4) is 0 Å². The molecule has 1 aromatic heterocycles. The highest BCUT2D eigenvalue weighted by molar-refractivity contribution is 5.91. The molecule has 2 rings (SSSR count). The molecule has 0 aliphatic carbocycles. The zero-order valence-electron chi connectivity index (χ0n) is 11.6. The van der Waals surface area contributed by atoms with E-state index >= 15 is 0 Å². The van der Waals surface area contributed by atoms with Crippen LogP contribution in [0, 0.1) is 12.7 Å². The molecule has 1 amide bonds. The highest BCUT2D eigenvalue weighted by Crippen LogP contribution is 2.18. The highest BCUT2D eigenvalue weighted by Gasteiger charge is 2.11. The third-order valence-corrected chi connectivity index (χ3v) is 2.69. The average molecular weight is 315 g/mol. The van der Waals surface area contributed by atoms with Gasteiger partial charge in [-0.05, 0) is 42.6 Å². The maximum atomic E-state index is 13.8. The van der Waals surface area contributed by atoms with E-state index in [9.17, 15) is 9.18 Å². The SMILES string of the molecule is CNCCC(=O)Nc1ccc(F)c(-n2nnnc2C)c1.Cl. The zero-order chi connectivity index (χ0) is 14.5. The van der Waals surface area contributed by atoms with Crippen molar-refractivity contribution in [3.05, 3.63) is 29.8 Å². The van der Waals surface area contributed by atoms with Crippen LogP contribution in [0.25, 0.3) is 5.69 Å². The number of rotatable bonds is 5. The minimum Gasteiger partial charge on any atom is -0.326 e. The number of carbonyl (C=O) groups excluding carboxylic acids is 1. The Labute approximate surface area is 127 Å². The first kappa shape index (κ1) is 17.0. The maximum Gasteiger partial charge on any atom is 0.225 e. The standard InChI is InChI=1S/C12H15FN6O.ClH/c1-8-16-17-18-19(8)11-7-9(3-4-10(11)13)15-12(20)5-6-14-2;/h3-4,7,14H,5-6H2,1-2H3,(H,15,20);1H. The third kappa shape index (κ3) is 4.20. The Morgan fingerprint density at radius 1 is 1.43 bits per heavy atom. The molecule has 0 aliphatic rings. The molecular weight excluding hydrogens is 299 g/mol. The van der Waals surface area contributed by atoms with Crippen molar-refractivity contribution in [3.63, 3.8) is 0 Å². The Kier molecular flexibility index (Phi) is 6.19. The van der Waals surface area contributed by atoms with Gasteiger partial charge in [-0.2, -0.15) is 4.68 Å². The molecule has 0 atom stereocenters. The van der Waals surface area contributed by atoms with Gasteiger partial charge in [0.2, 0.25) is 5.91 Å². The van der Waals surface area contributed by atoms with Crippen LogP contribution >= 0.6 is 12.4 Å². The molecule has 0 fully saturated rings. The second kappa shape index (κ2) is 7.65. The highest BCUT2D eigenvalue weighted by atomic mass is 35.5. The zero-order valence-corrected chi connectivity index (χ0v) is 12.4. The molecule has 0 saturated heterocycles. The topological polar surface area (TPSA) is 84.7 Å². The van der Waals surface area contributed by atoms with Gasteiger partial charge < -0.3 is 10.6 Å². The summed E-state index contributed by atoms with van der Waals surface area (Å²) in [5, 5.41) is 16.5. The Hall–Kier alpha value is -2.06. The van der Waals surface area contributed by atoms with Gasteiger partial charge in [0.05, 0.1) is 0 Å². The molecule has 0 aliphatic heterocycles. The van der Waals surface area contributed by atoms with Crippen molar-refractivity contribution in [1.29, 1.82) is 0 Å². The van der Waals surface area contributed by atoms with Gasteiger partial charge in [-0.1, -0.05) is 0 Å². The van der Waals surface area contributed by atoms with Crippen LogP contribution < -0.4 is 10.6 Å². The molecule has 7 nitrogen and oxygen atoms in total. The molecule has 0 radical (unpaired) electrons. The van der Waals surface area contributed by atoms with Crippen LogP contribution in [-0.4, -0.2) is 39.7 Å². The first-order valence-corrected chi connectivity index (χ1v) is 6.11. The van der Waals surface area contributed by atoms with Crippen molar-refractivity contribution >= 4 is 24.0 Å². The molecule has 2 aromatic rings. The smallest absolute Gasteiger partial charge is 0.225 e. The summed E-state index contributed by atoms with van der Waals surface area (Å²) in [4.78, 5) is 11.6. The predicted molar refractivity (Wildman–Crippen MR) is 78.3 cm³/mol. The quantitative estimate of drug-likeness (QED) is 0.862. The molecule has 1 aromatic carbocycles. The van der Waals surface area contributed by atoms with E-state index in [1.165, 1.54) is 22.9 Å². The Bertz CT molecular complexity index is 618. The van der Waals surface area contributed by atoms with Crippen molar-refractivity contribution in [1.82, 2.24) is 25.5 Å². The normalized spacial score (nSPS) is 10.0. The first-order valence-electron chi connectivity index (χ1n) is 6.11. The van der Waals surface area contributed by atoms with Crippen molar-refractivity contribution in [3.8, 4) is 5.69 Å². The number of hydrogen-bond acceptors (Lipinski definition) is 5. The summed E-state index contributed by atoms with van der Waals surface area (Å²) < 4.78 is 15.1. The number of hydrogen-bond donors (Lipinski definition) is 2. The van der Waals surface area contributed by atoms with Gasteiger partial charge in [-0.15, -0.1) is 17.5 Å². The number of aryl methyl sites for hydroxylation is 1. The molecule has 114 valence electrons. The number of carbonyl (C=O) groups is 1. The fourth-order valence-electron chi connectivity index (χ4n) is 1.67. The van der Waals surface area contributed by atoms with E-state index < -0.39 is 5.82 Å². The van der Waals surface area contributed by atoms with E-state index in [-0.39, 0.29) is 24.0 Å². The fraction of sp³-hybridized carbons (Fsp3) is 0.333. The van der Waals surface area contributed by atoms with E-state index in [1.54, 1.807) is 14.0 Å². The van der Waals surface area contributed by atoms with Crippen LogP contribution in [0.1, 0.15) is 12.2 Å². The molecule has 2 N–H and O–H groups in total. The summed E-state index contributed by atoms with van der Waals surface area (Å²) in [6.07, 6.45) is 0.340. The molecule has 0 spiro atoms. The van der Waals surface area contributed by atoms with Crippen LogP contribution in [0.5, 0.6) is 0 Å². The first-order chi connectivity index (χ1) is 9.61. The second-order valence-corrected chi connectivity index (χ2v) is 4.21. The van der Waals surface area contributed by atoms with Crippen LogP contribution in [0.4, 0.5) is 10.1 Å². The van der Waals surface area contributed by atoms with Crippen molar-refractivity contribution in [2.45, 2.75) is 13.3 Å². The van der Waals surface area contributed by atoms with Crippen molar-refractivity contribution in [2.24, 2.45) is 0 Å². The van der Waals surface area contributed by atoms with Gasteiger partial charge in [0.15, 0.2) is 5.82 Å². The summed E-state index contributed by atoms with van der Waals surface area (Å²) in [6.45, 7) is 2.24. The molecule has 9 heteroatoms. The molecular formula is C12H16ClFN6O. The maximum absolute atomic E-state index is 13.8. The van der Waals surface area contributed by atoms with Crippen molar-refractivity contribution in [2.75, 3.05) is 18.9 Å². The summed E-state index contributed by atoms with van der Waals surface area (Å²) >= 11 is 0. The van der Waals surface area contributed by atoms with E-state index in [0.717, 1.165) is 0 Å². The van der Waals surface area contributed by atoms with Crippen LogP contribution in [0.2, 0.25) is 0 Å². The number of nitrogens with zero attached hydrogens (tertiary/aromatic N) is 4. The lowest BCUT2D eigenvalue weighted by molar-refractivity contribution is -0.116. The van der Waals surface area contributed by atoms with Gasteiger partial charge in [0.25, 0.3) is 0 Å². The van der Waals surface area contributed by atoms with E-state index in [1.807, 2.05) is 0 Å². The van der Waals surface area contributed by atoms with Gasteiger partial charge in [0, 0.05) is 18.7 Å². The molecule has 0 saturated carbocycles. The lowest BCUT2D eigenvalue weighted by Gasteiger charge is -2.08. The monoisotopic (exact) mass is 314 g/mol. The van der Waals surface area contributed by atoms with E-state index in [2.05, 4.69) is 26.2 Å². The minimum absolute atomic E-state index is 0. The summed E-state index contributed by atoms with van der Waals surface area (Å²) in [5.41, 5.74) is 0.691. The van der Waals surface area contributed by atoms with Crippen LogP contribution in [-0.2, 0) is 4.79 Å². The third-order valence-electron chi connectivity index (χ3n) is 2.69. The predicted octanol–water partition coefficient (Wildman–Crippen LogP) is 1.08. The Morgan fingerprint density at radius 2 is 2.19 bits per heavy atom. The number of amides is 1. The molecule has 1 heterocycles. The lowest BCUT2D eigenvalue weighted by Crippen LogP contribution is -2.19. The Morgan fingerprint density at radius 3 is 2.81 bits per heavy atom. The summed E-state index contributed by atoms with van der Waals surface area (Å²) in [5.74, 6) is -0.151. The fourth-order valence-corrected chi connectivity index (χ4v) is 1.67. The van der Waals surface area contributed by atoms with Gasteiger partial charge >= 0.3 is 0 Å². The number of halogens is 2. The van der Waals surface area contributed by atoms with Gasteiger partial charge in [0.1, 0.15) is 11.5 Å². The lowest BCUT2D eigenvalue weighted by atomic mass is 10.2. The minimum atomic E-state index is -0.464. The second-order valence-electron chi connectivity index (χ2n) is 4.21. The number of benzene rings is 1. The number of tetrazole rings is 1. The van der Waals surface area contributed by atoms with Gasteiger partial charge in [-0.3, -0.25) is 4.79 Å². The van der Waals surface area contributed by atoms with E-state index in [0.29, 0.717) is 24.5 Å². The van der Waals surface area contributed by atoms with Crippen molar-refractivity contribution < 1.29 is 9.18 Å². The van der Waals surface area contributed by atoms with Crippen LogP contribution in [0.15, 0.2) is 18.2 Å². The molecule has 0 bridgehead atoms. The average Bonchev–Trinajstić information content (AvgIpc) is 2.85. The summed E-state index contributed by atoms with van der Waals surface area (Å²) in [7, 11) is 1.77. The number of anilines is 1. The van der Waals surface area contributed by atoms with Gasteiger partial charge in [-0.25, -0.2) is 4.39 Å². The number of aromatic nitrogens is 4. The Balaban J connectivity index is 0.00000220. The van der Waals surface area contributed by atoms with E-state index in [4.69, 9.17) is 0 Å². The summed E-state index contributed by atoms with van der Waals surface area (Å²) in [6, 6.07) is 4.26. The molecule has 0 unspecified atom stereocenters. The largest absolute Gasteiger partial charge is 0.326 e. The molecule has 21 heavy (non-hydrogen) atoms. The number of nitrogens with one attached hydrogen (secondary N) is 2.